The second-order valence-corrected chi connectivity index (χ2v) is 7.25. The molecule has 1 aliphatic heterocycles. The Labute approximate surface area is 148 Å². The second-order valence-electron chi connectivity index (χ2n) is 6.14. The van der Waals surface area contributed by atoms with Gasteiger partial charge in [0.25, 0.3) is 0 Å². The molecule has 0 aliphatic carbocycles. The summed E-state index contributed by atoms with van der Waals surface area (Å²) in [6.45, 7) is 4.51. The molecule has 1 aliphatic rings. The SMILES string of the molecule is COC(=O)CCSCC(=O)Nc1ccc(N2CCC(C)CC2)cc1. The van der Waals surface area contributed by atoms with Crippen LogP contribution in [-0.4, -0.2) is 43.6 Å². The summed E-state index contributed by atoms with van der Waals surface area (Å²) >= 11 is 1.43. The number of carbonyl (C=O) groups is 2. The first-order chi connectivity index (χ1) is 11.6. The van der Waals surface area contributed by atoms with Crippen LogP contribution in [0.5, 0.6) is 0 Å². The first-order valence-corrected chi connectivity index (χ1v) is 9.53. The summed E-state index contributed by atoms with van der Waals surface area (Å²) in [5.41, 5.74) is 2.02. The molecule has 1 aromatic rings. The summed E-state index contributed by atoms with van der Waals surface area (Å²) in [6, 6.07) is 8.03. The Hall–Kier alpha value is -1.69. The molecule has 132 valence electrons. The van der Waals surface area contributed by atoms with Gasteiger partial charge in [-0.3, -0.25) is 9.59 Å². The molecule has 1 aromatic carbocycles. The highest BCUT2D eigenvalue weighted by Gasteiger charge is 2.15. The van der Waals surface area contributed by atoms with Gasteiger partial charge in [-0.15, -0.1) is 0 Å². The van der Waals surface area contributed by atoms with Crippen molar-refractivity contribution in [3.63, 3.8) is 0 Å². The third-order valence-corrected chi connectivity index (χ3v) is 5.17. The van der Waals surface area contributed by atoms with Crippen LogP contribution in [0.1, 0.15) is 26.2 Å². The third kappa shape index (κ3) is 6.07. The maximum absolute atomic E-state index is 11.9. The fourth-order valence-corrected chi connectivity index (χ4v) is 3.35. The van der Waals surface area contributed by atoms with Gasteiger partial charge in [0.1, 0.15) is 0 Å². The standard InChI is InChI=1S/C18H26N2O3S/c1-14-7-10-20(11-8-14)16-5-3-15(4-6-16)19-17(21)13-24-12-9-18(22)23-2/h3-6,14H,7-13H2,1-2H3,(H,19,21). The van der Waals surface area contributed by atoms with E-state index < -0.39 is 0 Å². The number of hydrogen-bond acceptors (Lipinski definition) is 5. The molecule has 0 spiro atoms. The third-order valence-electron chi connectivity index (χ3n) is 4.21. The predicted octanol–water partition coefficient (Wildman–Crippen LogP) is 3.16. The van der Waals surface area contributed by atoms with Crippen LogP contribution < -0.4 is 10.2 Å². The Bertz CT molecular complexity index is 540. The van der Waals surface area contributed by atoms with Gasteiger partial charge in [-0.25, -0.2) is 0 Å². The summed E-state index contributed by atoms with van der Waals surface area (Å²) in [6.07, 6.45) is 2.81. The van der Waals surface area contributed by atoms with Gasteiger partial charge in [-0.1, -0.05) is 6.92 Å². The quantitative estimate of drug-likeness (QED) is 0.605. The zero-order chi connectivity index (χ0) is 17.4. The van der Waals surface area contributed by atoms with Crippen LogP contribution in [0, 0.1) is 5.92 Å². The second kappa shape index (κ2) is 9.57. The molecule has 1 heterocycles. The molecule has 0 unspecified atom stereocenters. The van der Waals surface area contributed by atoms with Crippen molar-refractivity contribution in [2.75, 3.05) is 41.9 Å². The molecule has 5 nitrogen and oxygen atoms in total. The highest BCUT2D eigenvalue weighted by atomic mass is 32.2. The Morgan fingerprint density at radius 1 is 1.25 bits per heavy atom. The van der Waals surface area contributed by atoms with Gasteiger partial charge >= 0.3 is 5.97 Å². The monoisotopic (exact) mass is 350 g/mol. The molecule has 0 saturated carbocycles. The number of hydrogen-bond donors (Lipinski definition) is 1. The number of amides is 1. The maximum Gasteiger partial charge on any atom is 0.306 e. The number of carbonyl (C=O) groups excluding carboxylic acids is 2. The summed E-state index contributed by atoms with van der Waals surface area (Å²) in [7, 11) is 1.37. The van der Waals surface area contributed by atoms with Crippen molar-refractivity contribution in [2.45, 2.75) is 26.2 Å². The highest BCUT2D eigenvalue weighted by molar-refractivity contribution is 7.99. The minimum absolute atomic E-state index is 0.0515. The molecule has 1 fully saturated rings. The van der Waals surface area contributed by atoms with Crippen molar-refractivity contribution >= 4 is 35.0 Å². The number of nitrogens with zero attached hydrogens (tertiary/aromatic N) is 1. The van der Waals surface area contributed by atoms with Gasteiger partial charge in [0, 0.05) is 30.2 Å². The number of benzene rings is 1. The largest absolute Gasteiger partial charge is 0.469 e. The summed E-state index contributed by atoms with van der Waals surface area (Å²) in [5, 5.41) is 2.89. The smallest absolute Gasteiger partial charge is 0.306 e. The molecule has 6 heteroatoms. The van der Waals surface area contributed by atoms with E-state index >= 15 is 0 Å². The number of esters is 1. The Kier molecular flexibility index (Phi) is 7.43. The number of thioether (sulfide) groups is 1. The van der Waals surface area contributed by atoms with Crippen molar-refractivity contribution in [1.82, 2.24) is 0 Å². The van der Waals surface area contributed by atoms with Crippen LogP contribution in [0.25, 0.3) is 0 Å². The lowest BCUT2D eigenvalue weighted by atomic mass is 9.99. The molecule has 0 aromatic heterocycles. The first-order valence-electron chi connectivity index (χ1n) is 8.38. The van der Waals surface area contributed by atoms with Crippen LogP contribution in [0.4, 0.5) is 11.4 Å². The molecule has 1 N–H and O–H groups in total. The molecule has 0 atom stereocenters. The van der Waals surface area contributed by atoms with Crippen LogP contribution in [0.15, 0.2) is 24.3 Å². The zero-order valence-corrected chi connectivity index (χ0v) is 15.2. The molecule has 24 heavy (non-hydrogen) atoms. The number of anilines is 2. The van der Waals surface area contributed by atoms with Gasteiger partial charge in [0.05, 0.1) is 19.3 Å². The van der Waals surface area contributed by atoms with E-state index in [0.29, 0.717) is 17.9 Å². The molecular formula is C18H26N2O3S. The van der Waals surface area contributed by atoms with Gasteiger partial charge in [0.15, 0.2) is 0 Å². The van der Waals surface area contributed by atoms with E-state index in [2.05, 4.69) is 34.0 Å². The number of ether oxygens (including phenoxy) is 1. The number of methoxy groups -OCH3 is 1. The summed E-state index contributed by atoms with van der Waals surface area (Å²) in [4.78, 5) is 25.3. The van der Waals surface area contributed by atoms with E-state index in [1.165, 1.54) is 37.4 Å². The Balaban J connectivity index is 1.73. The van der Waals surface area contributed by atoms with E-state index in [1.54, 1.807) is 0 Å². The topological polar surface area (TPSA) is 58.6 Å². The first kappa shape index (κ1) is 18.6. The average Bonchev–Trinajstić information content (AvgIpc) is 2.60. The van der Waals surface area contributed by atoms with Gasteiger partial charge in [-0.05, 0) is 43.0 Å². The summed E-state index contributed by atoms with van der Waals surface area (Å²) < 4.78 is 4.56. The van der Waals surface area contributed by atoms with E-state index in [4.69, 9.17) is 0 Å². The lowest BCUT2D eigenvalue weighted by molar-refractivity contribution is -0.140. The molecule has 0 bridgehead atoms. The van der Waals surface area contributed by atoms with Crippen LogP contribution in [-0.2, 0) is 14.3 Å². The number of rotatable bonds is 7. The average molecular weight is 350 g/mol. The lowest BCUT2D eigenvalue weighted by Crippen LogP contribution is -2.32. The normalized spacial score (nSPS) is 15.2. The molecule has 1 saturated heterocycles. The van der Waals surface area contributed by atoms with Crippen LogP contribution in [0.2, 0.25) is 0 Å². The van der Waals surface area contributed by atoms with Gasteiger partial charge < -0.3 is 15.0 Å². The van der Waals surface area contributed by atoms with E-state index in [9.17, 15) is 9.59 Å². The predicted molar refractivity (Wildman–Crippen MR) is 99.6 cm³/mol. The number of nitrogens with one attached hydrogen (secondary N) is 1. The van der Waals surface area contributed by atoms with E-state index in [-0.39, 0.29) is 11.9 Å². The minimum atomic E-state index is -0.245. The Morgan fingerprint density at radius 3 is 2.54 bits per heavy atom. The molecular weight excluding hydrogens is 324 g/mol. The highest BCUT2D eigenvalue weighted by Crippen LogP contribution is 2.24. The lowest BCUT2D eigenvalue weighted by Gasteiger charge is -2.32. The minimum Gasteiger partial charge on any atom is -0.469 e. The van der Waals surface area contributed by atoms with Crippen molar-refractivity contribution in [2.24, 2.45) is 5.92 Å². The van der Waals surface area contributed by atoms with Crippen molar-refractivity contribution in [3.8, 4) is 0 Å². The van der Waals surface area contributed by atoms with Crippen molar-refractivity contribution < 1.29 is 14.3 Å². The van der Waals surface area contributed by atoms with Crippen LogP contribution in [0.3, 0.4) is 0 Å². The van der Waals surface area contributed by atoms with E-state index in [0.717, 1.165) is 24.7 Å². The number of piperidine rings is 1. The zero-order valence-electron chi connectivity index (χ0n) is 14.4. The van der Waals surface area contributed by atoms with Crippen molar-refractivity contribution in [1.29, 1.82) is 0 Å². The maximum atomic E-state index is 11.9. The van der Waals surface area contributed by atoms with E-state index in [1.807, 2.05) is 12.1 Å². The van der Waals surface area contributed by atoms with Crippen LogP contribution >= 0.6 is 11.8 Å². The fourth-order valence-electron chi connectivity index (χ4n) is 2.64. The Morgan fingerprint density at radius 2 is 1.92 bits per heavy atom. The molecule has 2 rings (SSSR count). The fraction of sp³-hybridized carbons (Fsp3) is 0.556. The summed E-state index contributed by atoms with van der Waals surface area (Å²) in [5.74, 6) is 1.45. The van der Waals surface area contributed by atoms with Gasteiger partial charge in [0.2, 0.25) is 5.91 Å². The molecule has 0 radical (unpaired) electrons. The van der Waals surface area contributed by atoms with Gasteiger partial charge in [-0.2, -0.15) is 11.8 Å². The molecule has 1 amide bonds. The van der Waals surface area contributed by atoms with Crippen molar-refractivity contribution in [3.05, 3.63) is 24.3 Å².